The zero-order valence-electron chi connectivity index (χ0n) is 15.9. The number of nitrogens with one attached hydrogen (secondary N) is 1. The molecule has 1 aliphatic heterocycles. The summed E-state index contributed by atoms with van der Waals surface area (Å²) in [6, 6.07) is 29.2. The number of hydrazone groups is 1. The van der Waals surface area contributed by atoms with Crippen LogP contribution in [0, 0.1) is 0 Å². The standard InChI is InChI=1S/C24H25N3O/c28-23-14-8-7-13-22(23)19-25-27-17-15-26(16-18-27)24(20-9-3-1-4-10-20)21-11-5-2-6-12-21/h1-14,19,24,28H,15-18H2/p+1/b25-19+. The zero-order chi connectivity index (χ0) is 19.2. The van der Waals surface area contributed by atoms with Gasteiger partial charge in [0.2, 0.25) is 0 Å². The van der Waals surface area contributed by atoms with Crippen LogP contribution in [0.2, 0.25) is 0 Å². The van der Waals surface area contributed by atoms with Crippen LogP contribution in [0.4, 0.5) is 0 Å². The van der Waals surface area contributed by atoms with Gasteiger partial charge in [0.15, 0.2) is 0 Å². The van der Waals surface area contributed by atoms with Gasteiger partial charge in [-0.15, -0.1) is 0 Å². The fraction of sp³-hybridized carbons (Fsp3) is 0.208. The summed E-state index contributed by atoms with van der Waals surface area (Å²) < 4.78 is 0. The summed E-state index contributed by atoms with van der Waals surface area (Å²) in [4.78, 5) is 1.56. The Hall–Kier alpha value is -3.11. The third-order valence-electron chi connectivity index (χ3n) is 5.35. The SMILES string of the molecule is Oc1ccccc1/C=N/N1CC[NH+](C(c2ccccc2)c2ccccc2)CC1. The number of hydrogen-bond donors (Lipinski definition) is 2. The van der Waals surface area contributed by atoms with Crippen LogP contribution >= 0.6 is 0 Å². The molecule has 0 amide bonds. The first-order valence-corrected chi connectivity index (χ1v) is 9.82. The molecule has 4 nitrogen and oxygen atoms in total. The molecule has 2 N–H and O–H groups in total. The van der Waals surface area contributed by atoms with Gasteiger partial charge in [-0.2, -0.15) is 5.10 Å². The molecule has 0 spiro atoms. The number of para-hydroxylation sites is 1. The van der Waals surface area contributed by atoms with Gasteiger partial charge in [0.05, 0.1) is 32.4 Å². The molecule has 1 fully saturated rings. The van der Waals surface area contributed by atoms with E-state index in [1.54, 1.807) is 17.2 Å². The van der Waals surface area contributed by atoms with Crippen LogP contribution in [-0.2, 0) is 0 Å². The molecule has 28 heavy (non-hydrogen) atoms. The summed E-state index contributed by atoms with van der Waals surface area (Å²) in [7, 11) is 0. The number of hydrogen-bond acceptors (Lipinski definition) is 3. The summed E-state index contributed by atoms with van der Waals surface area (Å²) in [5.41, 5.74) is 3.47. The van der Waals surface area contributed by atoms with Gasteiger partial charge in [0.1, 0.15) is 11.8 Å². The maximum atomic E-state index is 9.89. The van der Waals surface area contributed by atoms with Crippen molar-refractivity contribution < 1.29 is 10.0 Å². The van der Waals surface area contributed by atoms with E-state index in [9.17, 15) is 5.11 Å². The molecule has 1 aliphatic rings. The van der Waals surface area contributed by atoms with E-state index in [2.05, 4.69) is 70.8 Å². The van der Waals surface area contributed by atoms with E-state index in [1.165, 1.54) is 11.1 Å². The summed E-state index contributed by atoms with van der Waals surface area (Å²) in [5, 5.41) is 16.6. The number of piperazine rings is 1. The Morgan fingerprint density at radius 2 is 1.32 bits per heavy atom. The Morgan fingerprint density at radius 1 is 0.786 bits per heavy atom. The molecule has 1 saturated heterocycles. The normalized spacial score (nSPS) is 15.4. The molecular weight excluding hydrogens is 346 g/mol. The lowest BCUT2D eigenvalue weighted by Gasteiger charge is -2.36. The van der Waals surface area contributed by atoms with Gasteiger partial charge in [-0.3, -0.25) is 5.01 Å². The minimum atomic E-state index is 0.267. The predicted octanol–water partition coefficient (Wildman–Crippen LogP) is 2.72. The molecule has 0 radical (unpaired) electrons. The Balaban J connectivity index is 1.47. The molecule has 0 aliphatic carbocycles. The Bertz CT molecular complexity index is 864. The average Bonchev–Trinajstić information content (AvgIpc) is 2.76. The third-order valence-corrected chi connectivity index (χ3v) is 5.35. The Labute approximate surface area is 166 Å². The van der Waals surface area contributed by atoms with Crippen molar-refractivity contribution in [2.24, 2.45) is 5.10 Å². The van der Waals surface area contributed by atoms with Crippen molar-refractivity contribution in [1.82, 2.24) is 5.01 Å². The van der Waals surface area contributed by atoms with Crippen molar-refractivity contribution in [3.63, 3.8) is 0 Å². The summed E-state index contributed by atoms with van der Waals surface area (Å²) in [6.45, 7) is 3.84. The van der Waals surface area contributed by atoms with Gasteiger partial charge in [-0.25, -0.2) is 0 Å². The van der Waals surface area contributed by atoms with Crippen LogP contribution in [0.3, 0.4) is 0 Å². The first kappa shape index (κ1) is 18.3. The smallest absolute Gasteiger partial charge is 0.139 e. The highest BCUT2D eigenvalue weighted by Gasteiger charge is 2.29. The molecule has 0 aromatic heterocycles. The van der Waals surface area contributed by atoms with E-state index in [-0.39, 0.29) is 5.75 Å². The van der Waals surface area contributed by atoms with E-state index in [0.717, 1.165) is 31.7 Å². The van der Waals surface area contributed by atoms with Crippen molar-refractivity contribution in [2.45, 2.75) is 6.04 Å². The number of nitrogens with zero attached hydrogens (tertiary/aromatic N) is 2. The minimum Gasteiger partial charge on any atom is -0.507 e. The molecule has 0 saturated carbocycles. The monoisotopic (exact) mass is 372 g/mol. The summed E-state index contributed by atoms with van der Waals surface area (Å²) in [6.07, 6.45) is 1.76. The highest BCUT2D eigenvalue weighted by Crippen LogP contribution is 2.19. The average molecular weight is 372 g/mol. The van der Waals surface area contributed by atoms with Crippen LogP contribution in [0.5, 0.6) is 5.75 Å². The molecule has 4 rings (SSSR count). The van der Waals surface area contributed by atoms with E-state index in [1.807, 2.05) is 18.2 Å². The zero-order valence-corrected chi connectivity index (χ0v) is 15.9. The number of phenolic OH excluding ortho intramolecular Hbond substituents is 1. The lowest BCUT2D eigenvalue weighted by molar-refractivity contribution is -0.929. The molecular formula is C24H26N3O+. The minimum absolute atomic E-state index is 0.267. The summed E-state index contributed by atoms with van der Waals surface area (Å²) >= 11 is 0. The van der Waals surface area contributed by atoms with Crippen LogP contribution in [0.15, 0.2) is 90.0 Å². The number of phenols is 1. The van der Waals surface area contributed by atoms with Crippen molar-refractivity contribution in [3.05, 3.63) is 102 Å². The Kier molecular flexibility index (Phi) is 5.69. The quantitative estimate of drug-likeness (QED) is 0.676. The number of aromatic hydroxyl groups is 1. The molecule has 0 atom stereocenters. The number of benzene rings is 3. The second-order valence-corrected chi connectivity index (χ2v) is 7.17. The molecule has 3 aromatic carbocycles. The van der Waals surface area contributed by atoms with Crippen molar-refractivity contribution in [2.75, 3.05) is 26.2 Å². The second-order valence-electron chi connectivity index (χ2n) is 7.17. The lowest BCUT2D eigenvalue weighted by atomic mass is 9.96. The maximum Gasteiger partial charge on any atom is 0.139 e. The van der Waals surface area contributed by atoms with E-state index in [4.69, 9.17) is 0 Å². The van der Waals surface area contributed by atoms with Gasteiger partial charge < -0.3 is 10.0 Å². The van der Waals surface area contributed by atoms with Crippen LogP contribution < -0.4 is 4.90 Å². The number of quaternary nitrogens is 1. The molecule has 0 unspecified atom stereocenters. The predicted molar refractivity (Wildman–Crippen MR) is 113 cm³/mol. The van der Waals surface area contributed by atoms with E-state index in [0.29, 0.717) is 6.04 Å². The van der Waals surface area contributed by atoms with Crippen LogP contribution in [-0.4, -0.2) is 42.5 Å². The third kappa shape index (κ3) is 4.24. The topological polar surface area (TPSA) is 40.3 Å². The van der Waals surface area contributed by atoms with Crippen molar-refractivity contribution in [1.29, 1.82) is 0 Å². The van der Waals surface area contributed by atoms with Gasteiger partial charge in [-0.05, 0) is 12.1 Å². The van der Waals surface area contributed by atoms with Gasteiger partial charge >= 0.3 is 0 Å². The van der Waals surface area contributed by atoms with Gasteiger partial charge in [0.25, 0.3) is 0 Å². The molecule has 1 heterocycles. The molecule has 3 aromatic rings. The first-order chi connectivity index (χ1) is 13.8. The summed E-state index contributed by atoms with van der Waals surface area (Å²) in [5.74, 6) is 0.267. The maximum absolute atomic E-state index is 9.89. The molecule has 4 heteroatoms. The number of rotatable bonds is 5. The Morgan fingerprint density at radius 3 is 1.89 bits per heavy atom. The first-order valence-electron chi connectivity index (χ1n) is 9.82. The highest BCUT2D eigenvalue weighted by molar-refractivity contribution is 5.82. The van der Waals surface area contributed by atoms with Crippen molar-refractivity contribution in [3.8, 4) is 5.75 Å². The van der Waals surface area contributed by atoms with Gasteiger partial charge in [-0.1, -0.05) is 72.8 Å². The second kappa shape index (κ2) is 8.72. The van der Waals surface area contributed by atoms with Crippen molar-refractivity contribution >= 4 is 6.21 Å². The highest BCUT2D eigenvalue weighted by atomic mass is 16.3. The fourth-order valence-electron chi connectivity index (χ4n) is 3.88. The lowest BCUT2D eigenvalue weighted by Crippen LogP contribution is -3.15. The van der Waals surface area contributed by atoms with E-state index < -0.39 is 0 Å². The van der Waals surface area contributed by atoms with Gasteiger partial charge in [0, 0.05) is 16.7 Å². The van der Waals surface area contributed by atoms with Crippen LogP contribution in [0.1, 0.15) is 22.7 Å². The largest absolute Gasteiger partial charge is 0.507 e. The van der Waals surface area contributed by atoms with E-state index >= 15 is 0 Å². The van der Waals surface area contributed by atoms with Crippen LogP contribution in [0.25, 0.3) is 0 Å². The molecule has 142 valence electrons. The molecule has 0 bridgehead atoms. The fourth-order valence-corrected chi connectivity index (χ4v) is 3.88.